The van der Waals surface area contributed by atoms with Gasteiger partial charge in [-0.1, -0.05) is 25.6 Å². The maximum atomic E-state index is 10.8. The predicted octanol–water partition coefficient (Wildman–Crippen LogP) is 3.30. The Bertz CT molecular complexity index is 560. The average molecular weight is 309 g/mol. The SMILES string of the molecule is COc1cc([N+](=O)[O-])ccc1/N=C1\SCCN1CC(C)C. The third-order valence-electron chi connectivity index (χ3n) is 3.04. The van der Waals surface area contributed by atoms with E-state index in [1.165, 1.54) is 19.2 Å². The Morgan fingerprint density at radius 2 is 2.29 bits per heavy atom. The number of benzene rings is 1. The van der Waals surface area contributed by atoms with Crippen molar-refractivity contribution in [1.82, 2.24) is 4.90 Å². The summed E-state index contributed by atoms with van der Waals surface area (Å²) in [5.74, 6) is 2.00. The molecule has 0 saturated carbocycles. The van der Waals surface area contributed by atoms with E-state index in [4.69, 9.17) is 4.74 Å². The Labute approximate surface area is 128 Å². The van der Waals surface area contributed by atoms with E-state index in [1.54, 1.807) is 17.8 Å². The maximum absolute atomic E-state index is 10.8. The van der Waals surface area contributed by atoms with Crippen LogP contribution in [0, 0.1) is 16.0 Å². The first-order valence-electron chi connectivity index (χ1n) is 6.80. The standard InChI is InChI=1S/C14H19N3O3S/c1-10(2)9-16-6-7-21-14(16)15-12-5-4-11(17(18)19)8-13(12)20-3/h4-5,8,10H,6-7,9H2,1-3H3/b15-14-. The normalized spacial score (nSPS) is 16.8. The first-order valence-corrected chi connectivity index (χ1v) is 7.78. The van der Waals surface area contributed by atoms with E-state index in [9.17, 15) is 10.1 Å². The fourth-order valence-corrected chi connectivity index (χ4v) is 3.13. The molecule has 0 radical (unpaired) electrons. The molecule has 1 saturated heterocycles. The second kappa shape index (κ2) is 6.80. The van der Waals surface area contributed by atoms with Crippen LogP contribution in [0.5, 0.6) is 5.75 Å². The maximum Gasteiger partial charge on any atom is 0.273 e. The molecule has 1 aromatic rings. The lowest BCUT2D eigenvalue weighted by molar-refractivity contribution is -0.384. The number of nitrogens with zero attached hydrogens (tertiary/aromatic N) is 3. The van der Waals surface area contributed by atoms with Gasteiger partial charge in [0.2, 0.25) is 0 Å². The second-order valence-corrected chi connectivity index (χ2v) is 6.26. The zero-order valence-electron chi connectivity index (χ0n) is 12.4. The van der Waals surface area contributed by atoms with E-state index in [2.05, 4.69) is 23.7 Å². The van der Waals surface area contributed by atoms with Crippen molar-refractivity contribution in [2.75, 3.05) is 26.0 Å². The van der Waals surface area contributed by atoms with Crippen molar-refractivity contribution < 1.29 is 9.66 Å². The van der Waals surface area contributed by atoms with Crippen LogP contribution in [0.3, 0.4) is 0 Å². The van der Waals surface area contributed by atoms with Gasteiger partial charge >= 0.3 is 0 Å². The molecular weight excluding hydrogens is 290 g/mol. The van der Waals surface area contributed by atoms with E-state index in [-0.39, 0.29) is 5.69 Å². The van der Waals surface area contributed by atoms with Crippen molar-refractivity contribution in [3.8, 4) is 5.75 Å². The number of non-ortho nitro benzene ring substituents is 1. The van der Waals surface area contributed by atoms with Gasteiger partial charge in [0.05, 0.1) is 18.1 Å². The Hall–Kier alpha value is -1.76. The minimum absolute atomic E-state index is 0.00825. The second-order valence-electron chi connectivity index (χ2n) is 5.20. The number of amidine groups is 1. The van der Waals surface area contributed by atoms with Crippen LogP contribution >= 0.6 is 11.8 Å². The number of ether oxygens (including phenoxy) is 1. The van der Waals surface area contributed by atoms with Crippen molar-refractivity contribution >= 4 is 28.3 Å². The molecule has 1 aliphatic rings. The predicted molar refractivity (Wildman–Crippen MR) is 85.6 cm³/mol. The molecule has 2 rings (SSSR count). The van der Waals surface area contributed by atoms with Crippen molar-refractivity contribution in [2.45, 2.75) is 13.8 Å². The summed E-state index contributed by atoms with van der Waals surface area (Å²) in [6.07, 6.45) is 0. The molecule has 6 nitrogen and oxygen atoms in total. The highest BCUT2D eigenvalue weighted by Crippen LogP contribution is 2.33. The van der Waals surface area contributed by atoms with Gasteiger partial charge < -0.3 is 9.64 Å². The van der Waals surface area contributed by atoms with Gasteiger partial charge in [-0.2, -0.15) is 0 Å². The van der Waals surface area contributed by atoms with Crippen LogP contribution in [-0.2, 0) is 0 Å². The number of methoxy groups -OCH3 is 1. The molecule has 0 aliphatic carbocycles. The Morgan fingerprint density at radius 1 is 1.52 bits per heavy atom. The molecule has 1 aromatic carbocycles. The number of rotatable bonds is 5. The number of aliphatic imine (C=N–C) groups is 1. The molecule has 1 aliphatic heterocycles. The minimum atomic E-state index is -0.436. The third kappa shape index (κ3) is 3.87. The molecule has 21 heavy (non-hydrogen) atoms. The molecule has 7 heteroatoms. The number of thioether (sulfide) groups is 1. The van der Waals surface area contributed by atoms with Gasteiger partial charge in [-0.25, -0.2) is 4.99 Å². The Kier molecular flexibility index (Phi) is 5.06. The lowest BCUT2D eigenvalue weighted by Crippen LogP contribution is -2.28. The van der Waals surface area contributed by atoms with Crippen LogP contribution in [0.25, 0.3) is 0 Å². The van der Waals surface area contributed by atoms with Gasteiger partial charge in [0, 0.05) is 24.9 Å². The molecule has 0 amide bonds. The van der Waals surface area contributed by atoms with Crippen molar-refractivity contribution in [1.29, 1.82) is 0 Å². The van der Waals surface area contributed by atoms with Crippen molar-refractivity contribution in [2.24, 2.45) is 10.9 Å². The monoisotopic (exact) mass is 309 g/mol. The molecule has 1 fully saturated rings. The summed E-state index contributed by atoms with van der Waals surface area (Å²) in [7, 11) is 1.50. The van der Waals surface area contributed by atoms with Crippen LogP contribution in [0.15, 0.2) is 23.2 Å². The molecule has 0 bridgehead atoms. The summed E-state index contributed by atoms with van der Waals surface area (Å²) in [4.78, 5) is 17.2. The van der Waals surface area contributed by atoms with Crippen molar-refractivity contribution in [3.05, 3.63) is 28.3 Å². The van der Waals surface area contributed by atoms with Crippen LogP contribution in [-0.4, -0.2) is 40.9 Å². The first-order chi connectivity index (χ1) is 10.0. The number of hydrogen-bond acceptors (Lipinski definition) is 5. The Balaban J connectivity index is 2.29. The molecule has 0 unspecified atom stereocenters. The van der Waals surface area contributed by atoms with E-state index in [0.29, 0.717) is 17.4 Å². The fraction of sp³-hybridized carbons (Fsp3) is 0.500. The van der Waals surface area contributed by atoms with Crippen molar-refractivity contribution in [3.63, 3.8) is 0 Å². The zero-order chi connectivity index (χ0) is 15.4. The quantitative estimate of drug-likeness (QED) is 0.616. The number of hydrogen-bond donors (Lipinski definition) is 0. The largest absolute Gasteiger partial charge is 0.494 e. The minimum Gasteiger partial charge on any atom is -0.494 e. The van der Waals surface area contributed by atoms with E-state index in [1.807, 2.05) is 0 Å². The van der Waals surface area contributed by atoms with Gasteiger partial charge in [-0.3, -0.25) is 10.1 Å². The van der Waals surface area contributed by atoms with E-state index in [0.717, 1.165) is 24.0 Å². The van der Waals surface area contributed by atoms with Gasteiger partial charge in [0.15, 0.2) is 10.9 Å². The van der Waals surface area contributed by atoms with Crippen LogP contribution < -0.4 is 4.74 Å². The van der Waals surface area contributed by atoms with E-state index >= 15 is 0 Å². The van der Waals surface area contributed by atoms with Gasteiger partial charge in [-0.05, 0) is 12.0 Å². The first kappa shape index (κ1) is 15.6. The zero-order valence-corrected chi connectivity index (χ0v) is 13.2. The highest BCUT2D eigenvalue weighted by Gasteiger charge is 2.21. The lowest BCUT2D eigenvalue weighted by Gasteiger charge is -2.20. The summed E-state index contributed by atoms with van der Waals surface area (Å²) < 4.78 is 5.22. The molecule has 0 spiro atoms. The molecule has 0 aromatic heterocycles. The molecular formula is C14H19N3O3S. The van der Waals surface area contributed by atoms with Crippen LogP contribution in [0.4, 0.5) is 11.4 Å². The fourth-order valence-electron chi connectivity index (χ4n) is 2.12. The van der Waals surface area contributed by atoms with E-state index < -0.39 is 4.92 Å². The van der Waals surface area contributed by atoms with Crippen LogP contribution in [0.1, 0.15) is 13.8 Å². The third-order valence-corrected chi connectivity index (χ3v) is 4.03. The molecule has 0 N–H and O–H groups in total. The summed E-state index contributed by atoms with van der Waals surface area (Å²) in [5.41, 5.74) is 0.634. The average Bonchev–Trinajstić information content (AvgIpc) is 2.85. The van der Waals surface area contributed by atoms with Gasteiger partial charge in [-0.15, -0.1) is 0 Å². The summed E-state index contributed by atoms with van der Waals surface area (Å²) in [6, 6.07) is 4.50. The molecule has 1 heterocycles. The van der Waals surface area contributed by atoms with Gasteiger partial charge in [0.25, 0.3) is 5.69 Å². The van der Waals surface area contributed by atoms with Crippen LogP contribution in [0.2, 0.25) is 0 Å². The highest BCUT2D eigenvalue weighted by molar-refractivity contribution is 8.14. The number of nitro benzene ring substituents is 1. The summed E-state index contributed by atoms with van der Waals surface area (Å²) in [6.45, 7) is 6.29. The Morgan fingerprint density at radius 3 is 2.90 bits per heavy atom. The smallest absolute Gasteiger partial charge is 0.273 e. The number of nitro groups is 1. The van der Waals surface area contributed by atoms with Gasteiger partial charge in [0.1, 0.15) is 5.69 Å². The lowest BCUT2D eigenvalue weighted by atomic mass is 10.2. The summed E-state index contributed by atoms with van der Waals surface area (Å²) in [5, 5.41) is 11.8. The molecule has 114 valence electrons. The highest BCUT2D eigenvalue weighted by atomic mass is 32.2. The molecule has 0 atom stereocenters. The summed E-state index contributed by atoms with van der Waals surface area (Å²) >= 11 is 1.70. The topological polar surface area (TPSA) is 68.0 Å².